The molecule has 0 aliphatic carbocycles. The molecule has 0 heterocycles. The predicted octanol–water partition coefficient (Wildman–Crippen LogP) is 3.18. The number of nitrogens with zero attached hydrogens (tertiary/aromatic N) is 1. The third-order valence-corrected chi connectivity index (χ3v) is 3.30. The van der Waals surface area contributed by atoms with Crippen molar-refractivity contribution >= 4 is 11.7 Å². The number of nitriles is 1. The molecule has 0 aliphatic heterocycles. The van der Waals surface area contributed by atoms with Crippen molar-refractivity contribution in [3.8, 4) is 11.8 Å². The van der Waals surface area contributed by atoms with Crippen LogP contribution in [-0.4, -0.2) is 25.7 Å². The highest BCUT2D eigenvalue weighted by Gasteiger charge is 2.05. The maximum atomic E-state index is 11.6. The largest absolute Gasteiger partial charge is 0.482 e. The molecule has 0 unspecified atom stereocenters. The number of hydrogen-bond donors (Lipinski definition) is 1. The van der Waals surface area contributed by atoms with Crippen LogP contribution in [0, 0.1) is 11.3 Å². The summed E-state index contributed by atoms with van der Waals surface area (Å²) in [6.45, 7) is 0.646. The van der Waals surface area contributed by atoms with Crippen LogP contribution in [-0.2, 0) is 16.0 Å². The molecule has 0 radical (unpaired) electrons. The topological polar surface area (TPSA) is 71.3 Å². The van der Waals surface area contributed by atoms with Gasteiger partial charge in [0.1, 0.15) is 12.4 Å². The highest BCUT2D eigenvalue weighted by molar-refractivity contribution is 5.71. The standard InChI is InChI=1S/C19H20N2O3/c20-12-6-8-16-7-4-5-11-18(16)21-13-14-23-19(22)15-24-17-9-2-1-3-10-17/h1-5,7,9-11,21H,6,8,13-15H2. The Morgan fingerprint density at radius 2 is 1.83 bits per heavy atom. The average molecular weight is 324 g/mol. The molecule has 0 aromatic heterocycles. The molecule has 2 aromatic carbocycles. The van der Waals surface area contributed by atoms with Gasteiger partial charge in [-0.05, 0) is 30.2 Å². The Hall–Kier alpha value is -3.00. The van der Waals surface area contributed by atoms with Gasteiger partial charge in [-0.1, -0.05) is 36.4 Å². The van der Waals surface area contributed by atoms with Gasteiger partial charge in [0.2, 0.25) is 0 Å². The molecule has 124 valence electrons. The quantitative estimate of drug-likeness (QED) is 0.566. The normalized spacial score (nSPS) is 9.79. The number of carbonyl (C=O) groups is 1. The zero-order chi connectivity index (χ0) is 17.0. The molecule has 0 amide bonds. The van der Waals surface area contributed by atoms with E-state index >= 15 is 0 Å². The number of aryl methyl sites for hydroxylation is 1. The lowest BCUT2D eigenvalue weighted by atomic mass is 10.1. The number of esters is 1. The number of ether oxygens (including phenoxy) is 2. The summed E-state index contributed by atoms with van der Waals surface area (Å²) in [5, 5.41) is 11.9. The van der Waals surface area contributed by atoms with Gasteiger partial charge in [0, 0.05) is 18.7 Å². The van der Waals surface area contributed by atoms with Gasteiger partial charge in [0.15, 0.2) is 6.61 Å². The van der Waals surface area contributed by atoms with Crippen molar-refractivity contribution in [1.82, 2.24) is 0 Å². The van der Waals surface area contributed by atoms with Crippen LogP contribution >= 0.6 is 0 Å². The van der Waals surface area contributed by atoms with Crippen LogP contribution in [0.2, 0.25) is 0 Å². The fourth-order valence-electron chi connectivity index (χ4n) is 2.15. The fourth-order valence-corrected chi connectivity index (χ4v) is 2.15. The molecule has 0 atom stereocenters. The molecule has 2 rings (SSSR count). The van der Waals surface area contributed by atoms with Crippen molar-refractivity contribution in [2.45, 2.75) is 12.8 Å². The first-order valence-corrected chi connectivity index (χ1v) is 7.82. The smallest absolute Gasteiger partial charge is 0.344 e. The molecule has 24 heavy (non-hydrogen) atoms. The monoisotopic (exact) mass is 324 g/mol. The Kier molecular flexibility index (Phi) is 7.16. The molecule has 0 spiro atoms. The molecule has 5 nitrogen and oxygen atoms in total. The van der Waals surface area contributed by atoms with Gasteiger partial charge in [0.25, 0.3) is 0 Å². The van der Waals surface area contributed by atoms with Gasteiger partial charge in [-0.15, -0.1) is 0 Å². The van der Waals surface area contributed by atoms with E-state index in [4.69, 9.17) is 14.7 Å². The number of anilines is 1. The van der Waals surface area contributed by atoms with Crippen molar-refractivity contribution in [2.75, 3.05) is 25.1 Å². The Bertz CT molecular complexity index is 681. The lowest BCUT2D eigenvalue weighted by Crippen LogP contribution is -2.19. The van der Waals surface area contributed by atoms with Gasteiger partial charge in [-0.25, -0.2) is 4.79 Å². The molecule has 0 saturated carbocycles. The van der Waals surface area contributed by atoms with Crippen molar-refractivity contribution in [1.29, 1.82) is 5.26 Å². The predicted molar refractivity (Wildman–Crippen MR) is 91.8 cm³/mol. The van der Waals surface area contributed by atoms with Crippen molar-refractivity contribution in [3.63, 3.8) is 0 Å². The molecule has 0 fully saturated rings. The summed E-state index contributed by atoms with van der Waals surface area (Å²) in [5.41, 5.74) is 2.04. The van der Waals surface area contributed by atoms with Crippen LogP contribution in [0.15, 0.2) is 54.6 Å². The van der Waals surface area contributed by atoms with Gasteiger partial charge in [-0.2, -0.15) is 5.26 Å². The van der Waals surface area contributed by atoms with Gasteiger partial charge in [-0.3, -0.25) is 0 Å². The number of benzene rings is 2. The van der Waals surface area contributed by atoms with E-state index in [1.54, 1.807) is 12.1 Å². The second-order valence-electron chi connectivity index (χ2n) is 5.06. The van der Waals surface area contributed by atoms with E-state index in [1.165, 1.54) is 0 Å². The van der Waals surface area contributed by atoms with E-state index in [0.717, 1.165) is 11.3 Å². The number of nitrogens with one attached hydrogen (secondary N) is 1. The third kappa shape index (κ3) is 6.01. The summed E-state index contributed by atoms with van der Waals surface area (Å²) in [7, 11) is 0. The second kappa shape index (κ2) is 9.90. The van der Waals surface area contributed by atoms with Crippen LogP contribution in [0.4, 0.5) is 5.69 Å². The molecular formula is C19H20N2O3. The Morgan fingerprint density at radius 1 is 1.08 bits per heavy atom. The SMILES string of the molecule is N#CCCc1ccccc1NCCOC(=O)COc1ccccc1. The zero-order valence-electron chi connectivity index (χ0n) is 13.4. The first-order valence-electron chi connectivity index (χ1n) is 7.82. The number of hydrogen-bond acceptors (Lipinski definition) is 5. The number of para-hydroxylation sites is 2. The Morgan fingerprint density at radius 3 is 2.62 bits per heavy atom. The van der Waals surface area contributed by atoms with E-state index in [-0.39, 0.29) is 13.2 Å². The summed E-state index contributed by atoms with van der Waals surface area (Å²) in [6, 6.07) is 19.1. The Balaban J connectivity index is 1.67. The lowest BCUT2D eigenvalue weighted by Gasteiger charge is -2.11. The highest BCUT2D eigenvalue weighted by atomic mass is 16.6. The first-order chi connectivity index (χ1) is 11.8. The van der Waals surface area contributed by atoms with Gasteiger partial charge >= 0.3 is 5.97 Å². The van der Waals surface area contributed by atoms with E-state index in [2.05, 4.69) is 11.4 Å². The van der Waals surface area contributed by atoms with E-state index in [9.17, 15) is 4.79 Å². The van der Waals surface area contributed by atoms with E-state index in [1.807, 2.05) is 42.5 Å². The zero-order valence-corrected chi connectivity index (χ0v) is 13.4. The summed E-state index contributed by atoms with van der Waals surface area (Å²) < 4.78 is 10.4. The Labute approximate surface area is 141 Å². The van der Waals surface area contributed by atoms with Gasteiger partial charge in [0.05, 0.1) is 6.07 Å². The molecular weight excluding hydrogens is 304 g/mol. The minimum absolute atomic E-state index is 0.108. The van der Waals surface area contributed by atoms with Crippen LogP contribution in [0.1, 0.15) is 12.0 Å². The van der Waals surface area contributed by atoms with Crippen molar-refractivity contribution in [2.24, 2.45) is 0 Å². The minimum atomic E-state index is -0.404. The maximum absolute atomic E-state index is 11.6. The maximum Gasteiger partial charge on any atom is 0.344 e. The molecule has 0 saturated heterocycles. The molecule has 0 bridgehead atoms. The molecule has 2 aromatic rings. The number of rotatable bonds is 9. The van der Waals surface area contributed by atoms with Crippen LogP contribution < -0.4 is 10.1 Å². The fraction of sp³-hybridized carbons (Fsp3) is 0.263. The third-order valence-electron chi connectivity index (χ3n) is 3.30. The van der Waals surface area contributed by atoms with Gasteiger partial charge < -0.3 is 14.8 Å². The first kappa shape index (κ1) is 17.4. The molecule has 1 N–H and O–H groups in total. The summed E-state index contributed by atoms with van der Waals surface area (Å²) in [5.74, 6) is 0.234. The minimum Gasteiger partial charge on any atom is -0.482 e. The molecule has 5 heteroatoms. The lowest BCUT2D eigenvalue weighted by molar-refractivity contribution is -0.145. The van der Waals surface area contributed by atoms with Crippen LogP contribution in [0.3, 0.4) is 0 Å². The highest BCUT2D eigenvalue weighted by Crippen LogP contribution is 2.16. The van der Waals surface area contributed by atoms with Crippen LogP contribution in [0.5, 0.6) is 5.75 Å². The summed E-state index contributed by atoms with van der Waals surface area (Å²) >= 11 is 0. The van der Waals surface area contributed by atoms with Crippen molar-refractivity contribution in [3.05, 3.63) is 60.2 Å². The summed E-state index contributed by atoms with van der Waals surface area (Å²) in [4.78, 5) is 11.6. The summed E-state index contributed by atoms with van der Waals surface area (Å²) in [6.07, 6.45) is 1.18. The van der Waals surface area contributed by atoms with E-state index < -0.39 is 5.97 Å². The number of carbonyl (C=O) groups excluding carboxylic acids is 1. The van der Waals surface area contributed by atoms with E-state index in [0.29, 0.717) is 25.1 Å². The van der Waals surface area contributed by atoms with Crippen molar-refractivity contribution < 1.29 is 14.3 Å². The second-order valence-corrected chi connectivity index (χ2v) is 5.06. The average Bonchev–Trinajstić information content (AvgIpc) is 2.63. The molecule has 0 aliphatic rings. The van der Waals surface area contributed by atoms with Crippen LogP contribution in [0.25, 0.3) is 0 Å².